The van der Waals surface area contributed by atoms with E-state index in [0.717, 1.165) is 6.42 Å². The third-order valence-electron chi connectivity index (χ3n) is 2.75. The van der Waals surface area contributed by atoms with Gasteiger partial charge in [-0.1, -0.05) is 6.42 Å². The van der Waals surface area contributed by atoms with Gasteiger partial charge in [-0.3, -0.25) is 0 Å². The van der Waals surface area contributed by atoms with Gasteiger partial charge in [0, 0.05) is 17.8 Å². The van der Waals surface area contributed by atoms with Gasteiger partial charge in [0.05, 0.1) is 5.60 Å². The molecule has 3 N–H and O–H groups in total. The van der Waals surface area contributed by atoms with E-state index in [1.165, 1.54) is 12.8 Å². The molecule has 4 nitrogen and oxygen atoms in total. The predicted octanol–water partition coefficient (Wildman–Crippen LogP) is 1.34. The lowest BCUT2D eigenvalue weighted by molar-refractivity contribution is 0.0818. The molecule has 2 unspecified atom stereocenters. The van der Waals surface area contributed by atoms with Gasteiger partial charge >= 0.3 is 6.03 Å². The Kier molecular flexibility index (Phi) is 4.92. The van der Waals surface area contributed by atoms with Crippen LogP contribution in [0.15, 0.2) is 0 Å². The molecule has 0 aromatic rings. The molecule has 0 aromatic carbocycles. The number of carbonyl (C=O) groups excluding carboxylic acids is 1. The first-order valence-corrected chi connectivity index (χ1v) is 7.01. The standard InChI is InChI=1S/C11H22N2O2S/c1-11(2,15)7-12-10(14)13-8-5-4-6-9(8)16-3/h8-9,15H,4-7H2,1-3H3,(H2,12,13,14). The molecule has 5 heteroatoms. The minimum absolute atomic E-state index is 0.173. The van der Waals surface area contributed by atoms with E-state index in [-0.39, 0.29) is 18.6 Å². The molecule has 2 amide bonds. The number of carbonyl (C=O) groups is 1. The normalized spacial score (nSPS) is 25.5. The Bertz CT molecular complexity index is 241. The van der Waals surface area contributed by atoms with Crippen LogP contribution in [0.25, 0.3) is 0 Å². The summed E-state index contributed by atoms with van der Waals surface area (Å²) < 4.78 is 0. The number of thioether (sulfide) groups is 1. The maximum Gasteiger partial charge on any atom is 0.315 e. The Balaban J connectivity index is 2.28. The Morgan fingerprint density at radius 1 is 1.50 bits per heavy atom. The highest BCUT2D eigenvalue weighted by atomic mass is 32.2. The molecule has 0 spiro atoms. The highest BCUT2D eigenvalue weighted by molar-refractivity contribution is 7.99. The Morgan fingerprint density at radius 2 is 2.19 bits per heavy atom. The van der Waals surface area contributed by atoms with Crippen molar-refractivity contribution >= 4 is 17.8 Å². The summed E-state index contributed by atoms with van der Waals surface area (Å²) in [5.74, 6) is 0. The van der Waals surface area contributed by atoms with Crippen LogP contribution < -0.4 is 10.6 Å². The monoisotopic (exact) mass is 246 g/mol. The van der Waals surface area contributed by atoms with Crippen LogP contribution in [-0.2, 0) is 0 Å². The largest absolute Gasteiger partial charge is 0.389 e. The molecule has 94 valence electrons. The van der Waals surface area contributed by atoms with Gasteiger partial charge in [-0.25, -0.2) is 4.79 Å². The molecule has 0 heterocycles. The first-order chi connectivity index (χ1) is 7.42. The topological polar surface area (TPSA) is 61.4 Å². The molecule has 1 saturated carbocycles. The van der Waals surface area contributed by atoms with Crippen LogP contribution in [0.4, 0.5) is 4.79 Å². The van der Waals surface area contributed by atoms with Gasteiger partial charge in [0.15, 0.2) is 0 Å². The summed E-state index contributed by atoms with van der Waals surface area (Å²) in [5, 5.41) is 15.7. The number of urea groups is 1. The number of hydrogen-bond acceptors (Lipinski definition) is 3. The van der Waals surface area contributed by atoms with E-state index in [1.54, 1.807) is 13.8 Å². The van der Waals surface area contributed by atoms with Crippen molar-refractivity contribution in [1.82, 2.24) is 10.6 Å². The van der Waals surface area contributed by atoms with Crippen LogP contribution >= 0.6 is 11.8 Å². The molecule has 1 aliphatic rings. The van der Waals surface area contributed by atoms with Crippen molar-refractivity contribution < 1.29 is 9.90 Å². The van der Waals surface area contributed by atoms with Crippen molar-refractivity contribution in [2.75, 3.05) is 12.8 Å². The van der Waals surface area contributed by atoms with Crippen molar-refractivity contribution in [3.05, 3.63) is 0 Å². The van der Waals surface area contributed by atoms with Gasteiger partial charge in [-0.05, 0) is 32.9 Å². The third-order valence-corrected chi connectivity index (χ3v) is 3.92. The first-order valence-electron chi connectivity index (χ1n) is 5.72. The van der Waals surface area contributed by atoms with Crippen LogP contribution in [0.5, 0.6) is 0 Å². The SMILES string of the molecule is CSC1CCCC1NC(=O)NCC(C)(C)O. The second-order valence-corrected chi connectivity index (χ2v) is 6.03. The Labute approximate surface area is 102 Å². The van der Waals surface area contributed by atoms with Gasteiger partial charge in [-0.2, -0.15) is 11.8 Å². The number of amides is 2. The van der Waals surface area contributed by atoms with Crippen molar-refractivity contribution in [2.45, 2.75) is 50.0 Å². The molecular formula is C11H22N2O2S. The van der Waals surface area contributed by atoms with E-state index < -0.39 is 5.60 Å². The first kappa shape index (κ1) is 13.6. The molecule has 2 atom stereocenters. The summed E-state index contributed by atoms with van der Waals surface area (Å²) >= 11 is 1.81. The molecule has 1 aliphatic carbocycles. The molecule has 0 aliphatic heterocycles. The van der Waals surface area contributed by atoms with Gasteiger partial charge in [-0.15, -0.1) is 0 Å². The Morgan fingerprint density at radius 3 is 2.75 bits per heavy atom. The summed E-state index contributed by atoms with van der Waals surface area (Å²) in [7, 11) is 0. The lowest BCUT2D eigenvalue weighted by atomic mass is 10.1. The maximum absolute atomic E-state index is 11.6. The van der Waals surface area contributed by atoms with E-state index in [4.69, 9.17) is 0 Å². The second-order valence-electron chi connectivity index (χ2n) is 4.95. The molecule has 1 rings (SSSR count). The van der Waals surface area contributed by atoms with E-state index in [9.17, 15) is 9.90 Å². The third kappa shape index (κ3) is 4.61. The molecular weight excluding hydrogens is 224 g/mol. The van der Waals surface area contributed by atoms with E-state index in [2.05, 4.69) is 16.9 Å². The zero-order valence-electron chi connectivity index (χ0n) is 10.2. The number of rotatable bonds is 4. The lowest BCUT2D eigenvalue weighted by Crippen LogP contribution is -2.48. The highest BCUT2D eigenvalue weighted by Crippen LogP contribution is 2.28. The zero-order valence-corrected chi connectivity index (χ0v) is 11.1. The fraction of sp³-hybridized carbons (Fsp3) is 0.909. The van der Waals surface area contributed by atoms with Crippen molar-refractivity contribution in [3.8, 4) is 0 Å². The maximum atomic E-state index is 11.6. The van der Waals surface area contributed by atoms with Crippen LogP contribution in [0.2, 0.25) is 0 Å². The van der Waals surface area contributed by atoms with Gasteiger partial charge in [0.2, 0.25) is 0 Å². The van der Waals surface area contributed by atoms with E-state index in [1.807, 2.05) is 11.8 Å². The zero-order chi connectivity index (χ0) is 12.2. The fourth-order valence-electron chi connectivity index (χ4n) is 1.89. The average molecular weight is 246 g/mol. The number of nitrogens with one attached hydrogen (secondary N) is 2. The van der Waals surface area contributed by atoms with Gasteiger partial charge in [0.25, 0.3) is 0 Å². The van der Waals surface area contributed by atoms with Crippen molar-refractivity contribution in [2.24, 2.45) is 0 Å². The summed E-state index contributed by atoms with van der Waals surface area (Å²) in [6, 6.07) is 0.102. The summed E-state index contributed by atoms with van der Waals surface area (Å²) in [5.41, 5.74) is -0.855. The predicted molar refractivity (Wildman–Crippen MR) is 67.8 cm³/mol. The van der Waals surface area contributed by atoms with Gasteiger partial charge in [0.1, 0.15) is 0 Å². The van der Waals surface area contributed by atoms with Crippen molar-refractivity contribution in [1.29, 1.82) is 0 Å². The number of aliphatic hydroxyl groups is 1. The molecule has 0 aromatic heterocycles. The van der Waals surface area contributed by atoms with Crippen LogP contribution in [0, 0.1) is 0 Å². The summed E-state index contributed by atoms with van der Waals surface area (Å²) in [6.07, 6.45) is 5.50. The highest BCUT2D eigenvalue weighted by Gasteiger charge is 2.27. The minimum Gasteiger partial charge on any atom is -0.389 e. The molecule has 0 saturated heterocycles. The van der Waals surface area contributed by atoms with Crippen molar-refractivity contribution in [3.63, 3.8) is 0 Å². The number of hydrogen-bond donors (Lipinski definition) is 3. The van der Waals surface area contributed by atoms with E-state index >= 15 is 0 Å². The Hall–Kier alpha value is -0.420. The lowest BCUT2D eigenvalue weighted by Gasteiger charge is -2.22. The fourth-order valence-corrected chi connectivity index (χ4v) is 2.82. The van der Waals surface area contributed by atoms with Gasteiger partial charge < -0.3 is 15.7 Å². The smallest absolute Gasteiger partial charge is 0.315 e. The summed E-state index contributed by atoms with van der Waals surface area (Å²) in [6.45, 7) is 3.62. The van der Waals surface area contributed by atoms with E-state index in [0.29, 0.717) is 5.25 Å². The molecule has 0 bridgehead atoms. The average Bonchev–Trinajstić information content (AvgIpc) is 2.61. The van der Waals surface area contributed by atoms with Crippen LogP contribution in [0.3, 0.4) is 0 Å². The molecule has 1 fully saturated rings. The second kappa shape index (κ2) is 5.77. The van der Waals surface area contributed by atoms with Crippen LogP contribution in [-0.4, -0.2) is 40.8 Å². The molecule has 16 heavy (non-hydrogen) atoms. The minimum atomic E-state index is -0.855. The quantitative estimate of drug-likeness (QED) is 0.701. The van der Waals surface area contributed by atoms with Crippen LogP contribution in [0.1, 0.15) is 33.1 Å². The molecule has 0 radical (unpaired) electrons. The summed E-state index contributed by atoms with van der Waals surface area (Å²) in [4.78, 5) is 11.6.